The van der Waals surface area contributed by atoms with Crippen molar-refractivity contribution >= 4 is 17.8 Å². The van der Waals surface area contributed by atoms with Crippen molar-refractivity contribution < 1.29 is 19.5 Å². The number of carboxylic acids is 1. The number of hydrogen-bond donors (Lipinski definition) is 5. The number of amides is 2. The second-order valence-corrected chi connectivity index (χ2v) is 4.78. The van der Waals surface area contributed by atoms with Crippen LogP contribution in [0.1, 0.15) is 25.5 Å². The standard InChI is InChI=1S/C13H21N5O4/c1-2-16-11(19)4-3-10(13(21)22)18-12(20)9(14)5-8-6-15-7-17-8/h6-7,9-10H,2-5,14H2,1H3,(H,15,17)(H,16,19)(H,18,20)(H,21,22)/t9-,10-/m0/s1. The van der Waals surface area contributed by atoms with Crippen LogP contribution in [0.3, 0.4) is 0 Å². The minimum atomic E-state index is -1.20. The molecule has 1 aromatic heterocycles. The van der Waals surface area contributed by atoms with Crippen molar-refractivity contribution in [3.05, 3.63) is 18.2 Å². The van der Waals surface area contributed by atoms with Gasteiger partial charge in [0.1, 0.15) is 6.04 Å². The first-order chi connectivity index (χ1) is 10.4. The van der Waals surface area contributed by atoms with Gasteiger partial charge in [0.05, 0.1) is 12.4 Å². The average molecular weight is 311 g/mol. The number of carboxylic acid groups (broad SMARTS) is 1. The highest BCUT2D eigenvalue weighted by molar-refractivity contribution is 5.87. The largest absolute Gasteiger partial charge is 0.480 e. The Bertz CT molecular complexity index is 503. The molecule has 0 aliphatic carbocycles. The van der Waals surface area contributed by atoms with Crippen LogP contribution in [0.2, 0.25) is 0 Å². The number of hydrogen-bond acceptors (Lipinski definition) is 5. The Morgan fingerprint density at radius 1 is 1.45 bits per heavy atom. The molecule has 22 heavy (non-hydrogen) atoms. The summed E-state index contributed by atoms with van der Waals surface area (Å²) in [5, 5.41) is 14.0. The molecule has 1 rings (SSSR count). The molecule has 1 aromatic rings. The lowest BCUT2D eigenvalue weighted by molar-refractivity contribution is -0.142. The van der Waals surface area contributed by atoms with Crippen LogP contribution in [-0.4, -0.2) is 51.5 Å². The lowest BCUT2D eigenvalue weighted by Crippen LogP contribution is -2.49. The quantitative estimate of drug-likeness (QED) is 0.385. The first-order valence-corrected chi connectivity index (χ1v) is 6.96. The van der Waals surface area contributed by atoms with Crippen molar-refractivity contribution in [2.24, 2.45) is 5.73 Å². The van der Waals surface area contributed by atoms with E-state index in [-0.39, 0.29) is 25.2 Å². The van der Waals surface area contributed by atoms with E-state index >= 15 is 0 Å². The smallest absolute Gasteiger partial charge is 0.326 e. The zero-order chi connectivity index (χ0) is 16.5. The van der Waals surface area contributed by atoms with Gasteiger partial charge in [0, 0.05) is 31.3 Å². The predicted octanol–water partition coefficient (Wildman–Crippen LogP) is -1.23. The molecule has 0 unspecified atom stereocenters. The third kappa shape index (κ3) is 5.92. The van der Waals surface area contributed by atoms with E-state index in [1.165, 1.54) is 12.5 Å². The highest BCUT2D eigenvalue weighted by atomic mass is 16.4. The molecule has 9 nitrogen and oxygen atoms in total. The number of aromatic nitrogens is 2. The maximum atomic E-state index is 11.9. The van der Waals surface area contributed by atoms with Crippen LogP contribution in [0.5, 0.6) is 0 Å². The molecule has 0 bridgehead atoms. The summed E-state index contributed by atoms with van der Waals surface area (Å²) in [7, 11) is 0. The Morgan fingerprint density at radius 3 is 2.73 bits per heavy atom. The predicted molar refractivity (Wildman–Crippen MR) is 77.8 cm³/mol. The number of carbonyl (C=O) groups excluding carboxylic acids is 2. The number of rotatable bonds is 9. The van der Waals surface area contributed by atoms with Crippen LogP contribution in [-0.2, 0) is 20.8 Å². The molecule has 0 aliphatic rings. The Morgan fingerprint density at radius 2 is 2.18 bits per heavy atom. The van der Waals surface area contributed by atoms with E-state index in [0.29, 0.717) is 12.2 Å². The fraction of sp³-hybridized carbons (Fsp3) is 0.538. The molecule has 122 valence electrons. The van der Waals surface area contributed by atoms with Crippen LogP contribution in [0, 0.1) is 0 Å². The number of imidazole rings is 1. The van der Waals surface area contributed by atoms with E-state index in [0.717, 1.165) is 0 Å². The summed E-state index contributed by atoms with van der Waals surface area (Å²) in [5.74, 6) is -2.05. The molecule has 0 aliphatic heterocycles. The maximum absolute atomic E-state index is 11.9. The number of aromatic amines is 1. The number of nitrogens with zero attached hydrogens (tertiary/aromatic N) is 1. The number of H-pyrrole nitrogens is 1. The van der Waals surface area contributed by atoms with Gasteiger partial charge in [0.25, 0.3) is 0 Å². The molecule has 0 fully saturated rings. The van der Waals surface area contributed by atoms with Crippen LogP contribution in [0.25, 0.3) is 0 Å². The number of nitrogens with two attached hydrogens (primary N) is 1. The highest BCUT2D eigenvalue weighted by Gasteiger charge is 2.24. The third-order valence-corrected chi connectivity index (χ3v) is 2.98. The molecule has 6 N–H and O–H groups in total. The number of carbonyl (C=O) groups is 3. The van der Waals surface area contributed by atoms with E-state index < -0.39 is 24.0 Å². The maximum Gasteiger partial charge on any atom is 0.326 e. The van der Waals surface area contributed by atoms with Crippen molar-refractivity contribution in [1.29, 1.82) is 0 Å². The van der Waals surface area contributed by atoms with E-state index in [1.807, 2.05) is 0 Å². The van der Waals surface area contributed by atoms with Gasteiger partial charge in [-0.05, 0) is 13.3 Å². The third-order valence-electron chi connectivity index (χ3n) is 2.98. The second kappa shape index (κ2) is 8.78. The molecular formula is C13H21N5O4. The topological polar surface area (TPSA) is 150 Å². The molecule has 0 saturated carbocycles. The van der Waals surface area contributed by atoms with Gasteiger partial charge in [0.15, 0.2) is 0 Å². The molecule has 0 spiro atoms. The Hall–Kier alpha value is -2.42. The summed E-state index contributed by atoms with van der Waals surface area (Å²) in [4.78, 5) is 41.0. The van der Waals surface area contributed by atoms with E-state index in [9.17, 15) is 14.4 Å². The molecule has 0 radical (unpaired) electrons. The van der Waals surface area contributed by atoms with Crippen LogP contribution >= 0.6 is 0 Å². The van der Waals surface area contributed by atoms with Crippen LogP contribution in [0.4, 0.5) is 0 Å². The first kappa shape index (κ1) is 17.6. The lowest BCUT2D eigenvalue weighted by atomic mass is 10.1. The van der Waals surface area contributed by atoms with Gasteiger partial charge in [0.2, 0.25) is 11.8 Å². The van der Waals surface area contributed by atoms with Gasteiger partial charge in [-0.25, -0.2) is 9.78 Å². The van der Waals surface area contributed by atoms with Crippen molar-refractivity contribution in [2.45, 2.75) is 38.3 Å². The zero-order valence-electron chi connectivity index (χ0n) is 12.3. The monoisotopic (exact) mass is 311 g/mol. The Kier molecular flexibility index (Phi) is 7.03. The first-order valence-electron chi connectivity index (χ1n) is 6.96. The summed E-state index contributed by atoms with van der Waals surface area (Å²) < 4.78 is 0. The van der Waals surface area contributed by atoms with Crippen LogP contribution in [0.15, 0.2) is 12.5 Å². The highest BCUT2D eigenvalue weighted by Crippen LogP contribution is 2.01. The van der Waals surface area contributed by atoms with Crippen molar-refractivity contribution in [3.63, 3.8) is 0 Å². The van der Waals surface area contributed by atoms with E-state index in [1.54, 1.807) is 6.92 Å². The lowest BCUT2D eigenvalue weighted by Gasteiger charge is -2.17. The summed E-state index contributed by atoms with van der Waals surface area (Å²) in [6, 6.07) is -2.05. The molecular weight excluding hydrogens is 290 g/mol. The van der Waals surface area contributed by atoms with Gasteiger partial charge in [-0.2, -0.15) is 0 Å². The Balaban J connectivity index is 2.49. The van der Waals surface area contributed by atoms with Gasteiger partial charge in [-0.15, -0.1) is 0 Å². The fourth-order valence-corrected chi connectivity index (χ4v) is 1.82. The van der Waals surface area contributed by atoms with Crippen molar-refractivity contribution in [1.82, 2.24) is 20.6 Å². The van der Waals surface area contributed by atoms with Crippen molar-refractivity contribution in [2.75, 3.05) is 6.54 Å². The molecule has 0 aromatic carbocycles. The SMILES string of the molecule is CCNC(=O)CC[C@H](NC(=O)[C@@H](N)Cc1cnc[nH]1)C(=O)O. The molecule has 2 atom stereocenters. The van der Waals surface area contributed by atoms with Gasteiger partial charge in [-0.1, -0.05) is 0 Å². The summed E-state index contributed by atoms with van der Waals surface area (Å²) in [6.07, 6.45) is 3.24. The molecule has 2 amide bonds. The van der Waals surface area contributed by atoms with E-state index in [2.05, 4.69) is 20.6 Å². The van der Waals surface area contributed by atoms with Gasteiger partial charge in [-0.3, -0.25) is 9.59 Å². The number of aliphatic carboxylic acids is 1. The Labute approximate surface area is 127 Å². The minimum Gasteiger partial charge on any atom is -0.480 e. The van der Waals surface area contributed by atoms with Gasteiger partial charge < -0.3 is 26.5 Å². The molecule has 0 saturated heterocycles. The summed E-state index contributed by atoms with van der Waals surface area (Å²) in [6.45, 7) is 2.24. The second-order valence-electron chi connectivity index (χ2n) is 4.78. The normalized spacial score (nSPS) is 13.2. The van der Waals surface area contributed by atoms with Crippen LogP contribution < -0.4 is 16.4 Å². The number of nitrogens with one attached hydrogen (secondary N) is 3. The average Bonchev–Trinajstić information content (AvgIpc) is 2.95. The molecule has 1 heterocycles. The van der Waals surface area contributed by atoms with Gasteiger partial charge >= 0.3 is 5.97 Å². The van der Waals surface area contributed by atoms with Crippen molar-refractivity contribution in [3.8, 4) is 0 Å². The van der Waals surface area contributed by atoms with E-state index in [4.69, 9.17) is 10.8 Å². The summed E-state index contributed by atoms with van der Waals surface area (Å²) in [5.41, 5.74) is 6.41. The summed E-state index contributed by atoms with van der Waals surface area (Å²) >= 11 is 0. The molecule has 9 heteroatoms. The zero-order valence-corrected chi connectivity index (χ0v) is 12.3. The fourth-order valence-electron chi connectivity index (χ4n) is 1.82. The minimum absolute atomic E-state index is 0.00365.